The summed E-state index contributed by atoms with van der Waals surface area (Å²) in [5, 5.41) is 19.1. The minimum Gasteiger partial charge on any atom is -0.507 e. The fourth-order valence-electron chi connectivity index (χ4n) is 4.43. The number of rotatable bonds is 3. The van der Waals surface area contributed by atoms with Crippen LogP contribution in [0.15, 0.2) is 30.3 Å². The summed E-state index contributed by atoms with van der Waals surface area (Å²) >= 11 is 0. The van der Waals surface area contributed by atoms with E-state index in [4.69, 9.17) is 0 Å². The van der Waals surface area contributed by atoms with Crippen LogP contribution in [-0.4, -0.2) is 52.9 Å². The number of aromatic nitrogens is 2. The highest BCUT2D eigenvalue weighted by atomic mass is 19.3. The molecular formula is C21H24F2N4O. The van der Waals surface area contributed by atoms with Gasteiger partial charge in [-0.25, -0.2) is 0 Å². The average molecular weight is 386 g/mol. The number of benzene rings is 1. The maximum Gasteiger partial charge on any atom is 0.270 e. The van der Waals surface area contributed by atoms with Crippen molar-refractivity contribution in [3.8, 4) is 17.0 Å². The molecule has 148 valence electrons. The molecule has 7 heteroatoms. The number of likely N-dealkylation sites (N-methyl/N-ethyl adjacent to an activating group) is 1. The van der Waals surface area contributed by atoms with Gasteiger partial charge in [-0.15, -0.1) is 10.2 Å². The second-order valence-electron chi connectivity index (χ2n) is 7.81. The Bertz CT molecular complexity index is 913. The molecule has 2 atom stereocenters. The van der Waals surface area contributed by atoms with Crippen LogP contribution in [0.2, 0.25) is 0 Å². The summed E-state index contributed by atoms with van der Waals surface area (Å²) in [6, 6.07) is 6.92. The van der Waals surface area contributed by atoms with E-state index in [1.807, 2.05) is 13.0 Å². The van der Waals surface area contributed by atoms with Crippen molar-refractivity contribution in [2.24, 2.45) is 5.92 Å². The minimum absolute atomic E-state index is 0.0877. The summed E-state index contributed by atoms with van der Waals surface area (Å²) in [5.41, 5.74) is 2.19. The average Bonchev–Trinajstić information content (AvgIpc) is 3.05. The first-order valence-corrected chi connectivity index (χ1v) is 9.58. The topological polar surface area (TPSA) is 52.5 Å². The molecule has 2 aromatic rings. The second-order valence-corrected chi connectivity index (χ2v) is 7.81. The first-order valence-electron chi connectivity index (χ1n) is 9.58. The van der Waals surface area contributed by atoms with Gasteiger partial charge < -0.3 is 14.9 Å². The van der Waals surface area contributed by atoms with Gasteiger partial charge in [0.1, 0.15) is 5.75 Å². The number of aryl methyl sites for hydroxylation is 1. The fraction of sp³-hybridized carbons (Fsp3) is 0.429. The molecule has 2 aliphatic rings. The molecule has 0 spiro atoms. The van der Waals surface area contributed by atoms with Crippen molar-refractivity contribution in [2.75, 3.05) is 31.6 Å². The van der Waals surface area contributed by atoms with E-state index < -0.39 is 6.08 Å². The molecule has 0 bridgehead atoms. The smallest absolute Gasteiger partial charge is 0.270 e. The molecule has 2 fully saturated rings. The zero-order valence-corrected chi connectivity index (χ0v) is 16.1. The van der Waals surface area contributed by atoms with Gasteiger partial charge in [-0.05, 0) is 68.6 Å². The van der Waals surface area contributed by atoms with E-state index in [0.717, 1.165) is 37.1 Å². The van der Waals surface area contributed by atoms with Crippen LogP contribution in [0.5, 0.6) is 5.75 Å². The molecule has 4 rings (SSSR count). The Kier molecular flexibility index (Phi) is 5.02. The molecule has 1 aromatic carbocycles. The Hall–Kier alpha value is -2.54. The van der Waals surface area contributed by atoms with Crippen LogP contribution in [0, 0.1) is 12.8 Å². The van der Waals surface area contributed by atoms with Crippen LogP contribution >= 0.6 is 0 Å². The van der Waals surface area contributed by atoms with Gasteiger partial charge in [0.2, 0.25) is 0 Å². The molecule has 2 saturated heterocycles. The summed E-state index contributed by atoms with van der Waals surface area (Å²) in [5.74, 6) is 1.48. The van der Waals surface area contributed by atoms with E-state index in [9.17, 15) is 13.9 Å². The van der Waals surface area contributed by atoms with Crippen molar-refractivity contribution in [3.05, 3.63) is 41.5 Å². The lowest BCUT2D eigenvalue weighted by Crippen LogP contribution is -2.47. The molecule has 0 radical (unpaired) electrons. The van der Waals surface area contributed by atoms with Crippen LogP contribution in [0.25, 0.3) is 17.3 Å². The quantitative estimate of drug-likeness (QED) is 0.866. The monoisotopic (exact) mass is 386 g/mol. The number of nitrogens with zero attached hydrogens (tertiary/aromatic N) is 4. The van der Waals surface area contributed by atoms with E-state index in [1.165, 1.54) is 25.0 Å². The Balaban J connectivity index is 1.61. The van der Waals surface area contributed by atoms with Crippen molar-refractivity contribution in [1.82, 2.24) is 15.1 Å². The van der Waals surface area contributed by atoms with E-state index >= 15 is 0 Å². The molecule has 3 heterocycles. The zero-order chi connectivity index (χ0) is 19.8. The van der Waals surface area contributed by atoms with Crippen LogP contribution in [0.4, 0.5) is 14.6 Å². The number of aromatic hydroxyl groups is 1. The van der Waals surface area contributed by atoms with Gasteiger partial charge in [0.05, 0.1) is 5.69 Å². The number of likely N-dealkylation sites (tertiary alicyclic amines) is 1. The molecule has 0 saturated carbocycles. The Morgan fingerprint density at radius 3 is 2.68 bits per heavy atom. The largest absolute Gasteiger partial charge is 0.507 e. The van der Waals surface area contributed by atoms with Gasteiger partial charge in [0.15, 0.2) is 5.82 Å². The lowest BCUT2D eigenvalue weighted by atomic mass is 9.92. The molecule has 2 aliphatic heterocycles. The summed E-state index contributed by atoms with van der Waals surface area (Å²) in [6.07, 6.45) is 1.32. The third kappa shape index (κ3) is 3.58. The van der Waals surface area contributed by atoms with Crippen molar-refractivity contribution in [3.63, 3.8) is 0 Å². The number of phenolic OH excluding ortho intramolecular Hbond substituents is 1. The molecule has 1 aromatic heterocycles. The number of piperidine rings is 1. The van der Waals surface area contributed by atoms with E-state index in [2.05, 4.69) is 27.0 Å². The van der Waals surface area contributed by atoms with Crippen molar-refractivity contribution >= 4 is 11.9 Å². The van der Waals surface area contributed by atoms with Crippen molar-refractivity contribution in [1.29, 1.82) is 0 Å². The Labute approximate surface area is 163 Å². The summed E-state index contributed by atoms with van der Waals surface area (Å²) < 4.78 is 24.8. The maximum absolute atomic E-state index is 12.4. The lowest BCUT2D eigenvalue weighted by molar-refractivity contribution is 0.207. The van der Waals surface area contributed by atoms with E-state index in [1.54, 1.807) is 6.07 Å². The fourth-order valence-corrected chi connectivity index (χ4v) is 4.43. The molecule has 5 nitrogen and oxygen atoms in total. The molecule has 28 heavy (non-hydrogen) atoms. The third-order valence-electron chi connectivity index (χ3n) is 5.88. The van der Waals surface area contributed by atoms with Gasteiger partial charge in [0.25, 0.3) is 6.08 Å². The summed E-state index contributed by atoms with van der Waals surface area (Å²) in [4.78, 5) is 4.71. The van der Waals surface area contributed by atoms with Crippen LogP contribution in [0.3, 0.4) is 0 Å². The predicted octanol–water partition coefficient (Wildman–Crippen LogP) is 3.93. The Morgan fingerprint density at radius 2 is 1.96 bits per heavy atom. The SMILES string of the molecule is Cc1cc(N2CCC3CCN(C)CC32)nnc1-c1ccc(C=C(F)F)cc1O. The van der Waals surface area contributed by atoms with E-state index in [0.29, 0.717) is 23.2 Å². The number of anilines is 1. The highest BCUT2D eigenvalue weighted by Crippen LogP contribution is 2.36. The highest BCUT2D eigenvalue weighted by molar-refractivity contribution is 5.72. The molecular weight excluding hydrogens is 362 g/mol. The number of hydrogen-bond acceptors (Lipinski definition) is 5. The van der Waals surface area contributed by atoms with Crippen LogP contribution in [-0.2, 0) is 0 Å². The van der Waals surface area contributed by atoms with Gasteiger partial charge >= 0.3 is 0 Å². The highest BCUT2D eigenvalue weighted by Gasteiger charge is 2.38. The van der Waals surface area contributed by atoms with Crippen molar-refractivity contribution < 1.29 is 13.9 Å². The van der Waals surface area contributed by atoms with Gasteiger partial charge in [-0.2, -0.15) is 8.78 Å². The van der Waals surface area contributed by atoms with Gasteiger partial charge in [0, 0.05) is 30.8 Å². The van der Waals surface area contributed by atoms with Crippen LogP contribution < -0.4 is 4.90 Å². The molecule has 0 aliphatic carbocycles. The van der Waals surface area contributed by atoms with Gasteiger partial charge in [-0.3, -0.25) is 0 Å². The first-order chi connectivity index (χ1) is 13.4. The molecule has 0 amide bonds. The molecule has 2 unspecified atom stereocenters. The summed E-state index contributed by atoms with van der Waals surface area (Å²) in [6.45, 7) is 5.10. The predicted molar refractivity (Wildman–Crippen MR) is 105 cm³/mol. The van der Waals surface area contributed by atoms with E-state index in [-0.39, 0.29) is 11.3 Å². The maximum atomic E-state index is 12.4. The minimum atomic E-state index is -1.80. The Morgan fingerprint density at radius 1 is 1.18 bits per heavy atom. The zero-order valence-electron chi connectivity index (χ0n) is 16.1. The third-order valence-corrected chi connectivity index (χ3v) is 5.88. The van der Waals surface area contributed by atoms with Crippen LogP contribution in [0.1, 0.15) is 24.0 Å². The standard InChI is InChI=1S/C21H24F2N4O/c1-13-9-20(27-8-6-15-5-7-26(2)12-17(15)27)24-25-21(13)16-4-3-14(10-18(16)28)11-19(22)23/h3-4,9-11,15,17,28H,5-8,12H2,1-2H3. The van der Waals surface area contributed by atoms with Gasteiger partial charge in [-0.1, -0.05) is 6.07 Å². The normalized spacial score (nSPS) is 22.2. The molecule has 1 N–H and O–H groups in total. The number of phenols is 1. The number of halogens is 2. The summed E-state index contributed by atoms with van der Waals surface area (Å²) in [7, 11) is 2.16. The lowest BCUT2D eigenvalue weighted by Gasteiger charge is -2.37. The number of hydrogen-bond donors (Lipinski definition) is 1. The number of fused-ring (bicyclic) bond motifs is 1. The second kappa shape index (κ2) is 7.47. The first kappa shape index (κ1) is 18.8. The van der Waals surface area contributed by atoms with Crippen molar-refractivity contribution in [2.45, 2.75) is 25.8 Å².